The Morgan fingerprint density at radius 3 is 2.09 bits per heavy atom. The van der Waals surface area contributed by atoms with Gasteiger partial charge in [0.05, 0.1) is 5.69 Å². The Labute approximate surface area is 193 Å². The fraction of sp³-hybridized carbons (Fsp3) is 0.231. The normalized spacial score (nSPS) is 15.6. The molecule has 6 heteroatoms. The molecule has 0 saturated carbocycles. The van der Waals surface area contributed by atoms with Crippen LogP contribution in [0.2, 0.25) is 5.02 Å². The first-order valence-electron chi connectivity index (χ1n) is 10.5. The highest BCUT2D eigenvalue weighted by molar-refractivity contribution is 6.31. The molecular formula is C26H26ClN3O2. The highest BCUT2D eigenvalue weighted by Crippen LogP contribution is 2.28. The average molecular weight is 448 g/mol. The number of nitrogens with one attached hydrogen (secondary N) is 1. The molecule has 0 spiro atoms. The molecular weight excluding hydrogens is 422 g/mol. The smallest absolute Gasteiger partial charge is 0.318 e. The van der Waals surface area contributed by atoms with Gasteiger partial charge in [-0.3, -0.25) is 4.79 Å². The third-order valence-corrected chi connectivity index (χ3v) is 5.98. The predicted octanol–water partition coefficient (Wildman–Crippen LogP) is 6.14. The Kier molecular flexibility index (Phi) is 5.47. The van der Waals surface area contributed by atoms with Gasteiger partial charge >= 0.3 is 6.03 Å². The van der Waals surface area contributed by atoms with Crippen LogP contribution in [0, 0.1) is 13.8 Å². The molecule has 2 heterocycles. The number of anilines is 1. The van der Waals surface area contributed by atoms with Gasteiger partial charge in [-0.15, -0.1) is 0 Å². The van der Waals surface area contributed by atoms with E-state index >= 15 is 0 Å². The van der Waals surface area contributed by atoms with Gasteiger partial charge in [-0.2, -0.15) is 0 Å². The molecule has 3 amide bonds. The summed E-state index contributed by atoms with van der Waals surface area (Å²) in [5.41, 5.74) is 6.05. The lowest BCUT2D eigenvalue weighted by molar-refractivity contribution is -0.113. The van der Waals surface area contributed by atoms with Crippen LogP contribution in [0.4, 0.5) is 10.5 Å². The molecule has 32 heavy (non-hydrogen) atoms. The summed E-state index contributed by atoms with van der Waals surface area (Å²) in [6.45, 7) is 10.6. The average Bonchev–Trinajstić information content (AvgIpc) is 3.17. The van der Waals surface area contributed by atoms with Crippen molar-refractivity contribution in [1.29, 1.82) is 0 Å². The predicted molar refractivity (Wildman–Crippen MR) is 129 cm³/mol. The maximum Gasteiger partial charge on any atom is 0.333 e. The number of benzene rings is 2. The number of hydrogen-bond donors (Lipinski definition) is 1. The zero-order valence-electron chi connectivity index (χ0n) is 18.9. The number of carbonyl (C=O) groups is 2. The van der Waals surface area contributed by atoms with Crippen molar-refractivity contribution in [3.05, 3.63) is 87.8 Å². The number of aromatic nitrogens is 1. The maximum absolute atomic E-state index is 12.9. The molecule has 1 aliphatic heterocycles. The van der Waals surface area contributed by atoms with Gasteiger partial charge in [0.15, 0.2) is 0 Å². The van der Waals surface area contributed by atoms with Crippen LogP contribution < -0.4 is 10.2 Å². The Bertz CT molecular complexity index is 1230. The summed E-state index contributed by atoms with van der Waals surface area (Å²) >= 11 is 5.93. The number of carbonyl (C=O) groups excluding carboxylic acids is 2. The van der Waals surface area contributed by atoms with E-state index in [4.69, 9.17) is 11.6 Å². The molecule has 0 unspecified atom stereocenters. The number of hydrogen-bond acceptors (Lipinski definition) is 2. The fourth-order valence-corrected chi connectivity index (χ4v) is 4.08. The minimum Gasteiger partial charge on any atom is -0.318 e. The van der Waals surface area contributed by atoms with Gasteiger partial charge in [0, 0.05) is 22.1 Å². The molecule has 2 aromatic carbocycles. The van der Waals surface area contributed by atoms with Crippen LogP contribution in [0.5, 0.6) is 0 Å². The molecule has 1 saturated heterocycles. The number of amides is 3. The molecule has 0 aliphatic carbocycles. The zero-order valence-corrected chi connectivity index (χ0v) is 19.6. The standard InChI is InChI=1S/C26H26ClN3O2/c1-16-14-18(17(2)29(16)21-10-6-19(7-11-21)26(3,4)5)15-23-24(31)30(25(32)28-23)22-12-8-20(27)9-13-22/h6-15H,1-5H3,(H,28,32)/b23-15+. The topological polar surface area (TPSA) is 54.3 Å². The first kappa shape index (κ1) is 21.9. The SMILES string of the molecule is Cc1cc(/C=C2/NC(=O)N(c3ccc(Cl)cc3)C2=O)c(C)n1-c1ccc(C(C)(C)C)cc1. The summed E-state index contributed by atoms with van der Waals surface area (Å²) in [6.07, 6.45) is 1.73. The summed E-state index contributed by atoms with van der Waals surface area (Å²) in [5, 5.41) is 3.23. The summed E-state index contributed by atoms with van der Waals surface area (Å²) in [5.74, 6) is -0.392. The molecule has 0 bridgehead atoms. The summed E-state index contributed by atoms with van der Waals surface area (Å²) in [7, 11) is 0. The monoisotopic (exact) mass is 447 g/mol. The van der Waals surface area contributed by atoms with Crippen LogP contribution >= 0.6 is 11.6 Å². The van der Waals surface area contributed by atoms with Gasteiger partial charge in [0.1, 0.15) is 5.70 Å². The second kappa shape index (κ2) is 7.99. The molecule has 5 nitrogen and oxygen atoms in total. The van der Waals surface area contributed by atoms with Crippen molar-refractivity contribution in [3.8, 4) is 5.69 Å². The van der Waals surface area contributed by atoms with Gasteiger partial charge < -0.3 is 9.88 Å². The van der Waals surface area contributed by atoms with Gasteiger partial charge in [0.2, 0.25) is 0 Å². The van der Waals surface area contributed by atoms with Crippen LogP contribution in [-0.2, 0) is 10.2 Å². The third-order valence-electron chi connectivity index (χ3n) is 5.72. The summed E-state index contributed by atoms with van der Waals surface area (Å²) < 4.78 is 2.15. The number of aryl methyl sites for hydroxylation is 1. The molecule has 1 aliphatic rings. The lowest BCUT2D eigenvalue weighted by Crippen LogP contribution is -2.30. The Morgan fingerprint density at radius 1 is 0.906 bits per heavy atom. The van der Waals surface area contributed by atoms with E-state index < -0.39 is 11.9 Å². The quantitative estimate of drug-likeness (QED) is 0.387. The van der Waals surface area contributed by atoms with Crippen molar-refractivity contribution in [2.45, 2.75) is 40.0 Å². The molecule has 1 N–H and O–H groups in total. The Balaban J connectivity index is 1.66. The van der Waals surface area contributed by atoms with Crippen LogP contribution in [-0.4, -0.2) is 16.5 Å². The first-order chi connectivity index (χ1) is 15.1. The number of imide groups is 1. The molecule has 1 aromatic heterocycles. The van der Waals surface area contributed by atoms with E-state index in [1.807, 2.05) is 19.9 Å². The molecule has 1 fully saturated rings. The van der Waals surface area contributed by atoms with Gasteiger partial charge in [0.25, 0.3) is 5.91 Å². The minimum atomic E-state index is -0.477. The third kappa shape index (κ3) is 3.96. The maximum atomic E-state index is 12.9. The second-order valence-electron chi connectivity index (χ2n) is 9.06. The van der Waals surface area contributed by atoms with Gasteiger partial charge in [-0.1, -0.05) is 44.5 Å². The van der Waals surface area contributed by atoms with E-state index in [1.54, 1.807) is 30.3 Å². The van der Waals surface area contributed by atoms with E-state index in [-0.39, 0.29) is 11.1 Å². The summed E-state index contributed by atoms with van der Waals surface area (Å²) in [6, 6.07) is 16.7. The number of rotatable bonds is 3. The number of nitrogens with zero attached hydrogens (tertiary/aromatic N) is 2. The van der Waals surface area contributed by atoms with E-state index in [0.717, 1.165) is 27.5 Å². The molecule has 164 valence electrons. The van der Waals surface area contributed by atoms with Crippen molar-refractivity contribution in [2.24, 2.45) is 0 Å². The molecule has 4 rings (SSSR count). The zero-order chi connectivity index (χ0) is 23.2. The van der Waals surface area contributed by atoms with Crippen LogP contribution in [0.25, 0.3) is 11.8 Å². The van der Waals surface area contributed by atoms with Crippen LogP contribution in [0.15, 0.2) is 60.3 Å². The van der Waals surface area contributed by atoms with Crippen molar-refractivity contribution in [2.75, 3.05) is 4.90 Å². The highest BCUT2D eigenvalue weighted by atomic mass is 35.5. The van der Waals surface area contributed by atoms with Gasteiger partial charge in [-0.05, 0) is 78.9 Å². The largest absolute Gasteiger partial charge is 0.333 e. The lowest BCUT2D eigenvalue weighted by Gasteiger charge is -2.20. The fourth-order valence-electron chi connectivity index (χ4n) is 3.96. The lowest BCUT2D eigenvalue weighted by atomic mass is 9.87. The summed E-state index contributed by atoms with van der Waals surface area (Å²) in [4.78, 5) is 26.5. The Morgan fingerprint density at radius 2 is 1.50 bits per heavy atom. The molecule has 0 radical (unpaired) electrons. The first-order valence-corrected chi connectivity index (χ1v) is 10.9. The van der Waals surface area contributed by atoms with Crippen LogP contribution in [0.1, 0.15) is 43.3 Å². The van der Waals surface area contributed by atoms with Gasteiger partial charge in [-0.25, -0.2) is 9.69 Å². The highest BCUT2D eigenvalue weighted by Gasteiger charge is 2.35. The van der Waals surface area contributed by atoms with E-state index in [2.05, 4.69) is 54.9 Å². The van der Waals surface area contributed by atoms with E-state index in [1.165, 1.54) is 5.56 Å². The van der Waals surface area contributed by atoms with E-state index in [9.17, 15) is 9.59 Å². The van der Waals surface area contributed by atoms with Crippen molar-refractivity contribution in [3.63, 3.8) is 0 Å². The minimum absolute atomic E-state index is 0.0892. The molecule has 0 atom stereocenters. The molecule has 3 aromatic rings. The second-order valence-corrected chi connectivity index (χ2v) is 9.50. The number of halogens is 1. The Hall–Kier alpha value is -3.31. The van der Waals surface area contributed by atoms with Crippen molar-refractivity contribution in [1.82, 2.24) is 9.88 Å². The number of urea groups is 1. The van der Waals surface area contributed by atoms with Crippen LogP contribution in [0.3, 0.4) is 0 Å². The van der Waals surface area contributed by atoms with Crippen molar-refractivity contribution < 1.29 is 9.59 Å². The van der Waals surface area contributed by atoms with Crippen molar-refractivity contribution >= 4 is 35.3 Å². The van der Waals surface area contributed by atoms with E-state index in [0.29, 0.717) is 10.7 Å².